The Bertz CT molecular complexity index is 735. The smallest absolute Gasteiger partial charge is 0.129 e. The molecule has 0 fully saturated rings. The Morgan fingerprint density at radius 2 is 1.75 bits per heavy atom. The van der Waals surface area contributed by atoms with Gasteiger partial charge in [0.05, 0.1) is 18.0 Å². The highest BCUT2D eigenvalue weighted by Gasteiger charge is 2.12. The summed E-state index contributed by atoms with van der Waals surface area (Å²) in [4.78, 5) is 6.82. The van der Waals surface area contributed by atoms with Crippen LogP contribution in [0.1, 0.15) is 19.8 Å². The number of methoxy groups -OCH3 is 2. The van der Waals surface area contributed by atoms with E-state index in [1.165, 1.54) is 12.1 Å². The number of rotatable bonds is 12. The molecule has 2 rings (SSSR count). The number of ether oxygens (including phenoxy) is 3. The third-order valence-corrected chi connectivity index (χ3v) is 4.22. The summed E-state index contributed by atoms with van der Waals surface area (Å²) >= 11 is 0. The van der Waals surface area contributed by atoms with Crippen molar-refractivity contribution in [2.45, 2.75) is 19.8 Å². The first-order valence-electron chi connectivity index (χ1n) is 9.50. The van der Waals surface area contributed by atoms with Crippen molar-refractivity contribution in [3.63, 3.8) is 0 Å². The zero-order valence-electron chi connectivity index (χ0n) is 16.9. The van der Waals surface area contributed by atoms with Gasteiger partial charge in [0, 0.05) is 46.2 Å². The SMILES string of the molecule is CCN(CCCCOC)c1cc(Oc2ccc(F)cc2)ccc1/N=C/COC. The van der Waals surface area contributed by atoms with Gasteiger partial charge in [0.2, 0.25) is 0 Å². The van der Waals surface area contributed by atoms with Crippen molar-refractivity contribution >= 4 is 17.6 Å². The number of halogens is 1. The Morgan fingerprint density at radius 3 is 2.43 bits per heavy atom. The first-order chi connectivity index (χ1) is 13.7. The largest absolute Gasteiger partial charge is 0.457 e. The highest BCUT2D eigenvalue weighted by molar-refractivity contribution is 5.75. The molecule has 0 saturated carbocycles. The van der Waals surface area contributed by atoms with Gasteiger partial charge in [-0.2, -0.15) is 0 Å². The summed E-state index contributed by atoms with van der Waals surface area (Å²) < 4.78 is 29.2. The Hall–Kier alpha value is -2.44. The van der Waals surface area contributed by atoms with E-state index in [2.05, 4.69) is 16.8 Å². The minimum absolute atomic E-state index is 0.288. The molecule has 6 heteroatoms. The zero-order chi connectivity index (χ0) is 20.2. The van der Waals surface area contributed by atoms with Crippen LogP contribution >= 0.6 is 0 Å². The number of benzene rings is 2. The second-order valence-electron chi connectivity index (χ2n) is 6.25. The highest BCUT2D eigenvalue weighted by Crippen LogP contribution is 2.34. The Kier molecular flexibility index (Phi) is 9.45. The van der Waals surface area contributed by atoms with Crippen molar-refractivity contribution in [2.75, 3.05) is 45.4 Å². The van der Waals surface area contributed by atoms with E-state index < -0.39 is 0 Å². The lowest BCUT2D eigenvalue weighted by molar-refractivity contribution is 0.193. The minimum Gasteiger partial charge on any atom is -0.457 e. The van der Waals surface area contributed by atoms with Gasteiger partial charge in [-0.25, -0.2) is 4.39 Å². The molecule has 2 aromatic carbocycles. The number of anilines is 1. The molecule has 0 aliphatic carbocycles. The molecular weight excluding hydrogens is 359 g/mol. The molecule has 0 N–H and O–H groups in total. The molecule has 28 heavy (non-hydrogen) atoms. The van der Waals surface area contributed by atoms with E-state index in [1.807, 2.05) is 18.2 Å². The van der Waals surface area contributed by atoms with Crippen LogP contribution in [0.3, 0.4) is 0 Å². The quantitative estimate of drug-likeness (QED) is 0.369. The maximum absolute atomic E-state index is 13.1. The van der Waals surface area contributed by atoms with Crippen LogP contribution in [-0.4, -0.2) is 46.7 Å². The predicted octanol–water partition coefficient (Wildman–Crippen LogP) is 5.22. The van der Waals surface area contributed by atoms with Crippen molar-refractivity contribution in [3.8, 4) is 11.5 Å². The van der Waals surface area contributed by atoms with Gasteiger partial charge in [-0.3, -0.25) is 4.99 Å². The molecule has 2 aromatic rings. The Balaban J connectivity index is 2.23. The van der Waals surface area contributed by atoms with E-state index in [0.717, 1.165) is 43.9 Å². The van der Waals surface area contributed by atoms with Gasteiger partial charge in [0.15, 0.2) is 0 Å². The van der Waals surface area contributed by atoms with Crippen LogP contribution in [-0.2, 0) is 9.47 Å². The van der Waals surface area contributed by atoms with E-state index in [4.69, 9.17) is 14.2 Å². The van der Waals surface area contributed by atoms with Gasteiger partial charge in [0.1, 0.15) is 17.3 Å². The van der Waals surface area contributed by atoms with E-state index in [0.29, 0.717) is 18.1 Å². The molecule has 0 spiro atoms. The lowest BCUT2D eigenvalue weighted by Crippen LogP contribution is -2.24. The lowest BCUT2D eigenvalue weighted by Gasteiger charge is -2.25. The van der Waals surface area contributed by atoms with Crippen molar-refractivity contribution in [1.82, 2.24) is 0 Å². The van der Waals surface area contributed by atoms with Crippen molar-refractivity contribution in [3.05, 3.63) is 48.3 Å². The van der Waals surface area contributed by atoms with Crippen LogP contribution in [0.5, 0.6) is 11.5 Å². The maximum atomic E-state index is 13.1. The summed E-state index contributed by atoms with van der Waals surface area (Å²) in [6.07, 6.45) is 3.77. The third-order valence-electron chi connectivity index (χ3n) is 4.22. The van der Waals surface area contributed by atoms with E-state index in [1.54, 1.807) is 32.6 Å². The summed E-state index contributed by atoms with van der Waals surface area (Å²) in [7, 11) is 3.36. The molecule has 152 valence electrons. The number of unbranched alkanes of at least 4 members (excludes halogenated alkanes) is 1. The Morgan fingerprint density at radius 1 is 1.00 bits per heavy atom. The number of nitrogens with zero attached hydrogens (tertiary/aromatic N) is 2. The topological polar surface area (TPSA) is 43.3 Å². The molecule has 0 atom stereocenters. The summed E-state index contributed by atoms with van der Waals surface area (Å²) in [5.41, 5.74) is 1.85. The van der Waals surface area contributed by atoms with E-state index in [-0.39, 0.29) is 5.82 Å². The lowest BCUT2D eigenvalue weighted by atomic mass is 10.2. The molecule has 0 radical (unpaired) electrons. The molecule has 0 aliphatic heterocycles. The van der Waals surface area contributed by atoms with Crippen molar-refractivity contribution in [1.29, 1.82) is 0 Å². The number of hydrogen-bond donors (Lipinski definition) is 0. The number of aliphatic imine (C=N–C) groups is 1. The average molecular weight is 388 g/mol. The molecule has 0 bridgehead atoms. The molecule has 0 heterocycles. The van der Waals surface area contributed by atoms with Crippen LogP contribution in [0.15, 0.2) is 47.5 Å². The monoisotopic (exact) mass is 388 g/mol. The van der Waals surface area contributed by atoms with Gasteiger partial charge in [-0.1, -0.05) is 0 Å². The van der Waals surface area contributed by atoms with E-state index >= 15 is 0 Å². The summed E-state index contributed by atoms with van der Waals surface area (Å²) in [5.74, 6) is 0.984. The van der Waals surface area contributed by atoms with Gasteiger partial charge in [-0.05, 0) is 56.2 Å². The molecule has 5 nitrogen and oxygen atoms in total. The third kappa shape index (κ3) is 6.94. The van der Waals surface area contributed by atoms with E-state index in [9.17, 15) is 4.39 Å². The molecule has 0 unspecified atom stereocenters. The molecular formula is C22H29FN2O3. The van der Waals surface area contributed by atoms with Gasteiger partial charge < -0.3 is 19.1 Å². The van der Waals surface area contributed by atoms with Crippen molar-refractivity contribution < 1.29 is 18.6 Å². The fraction of sp³-hybridized carbons (Fsp3) is 0.409. The molecule has 0 aliphatic rings. The van der Waals surface area contributed by atoms with Gasteiger partial charge >= 0.3 is 0 Å². The van der Waals surface area contributed by atoms with Crippen molar-refractivity contribution in [2.24, 2.45) is 4.99 Å². The normalized spacial score (nSPS) is 11.1. The Labute approximate surface area is 166 Å². The fourth-order valence-electron chi connectivity index (χ4n) is 2.78. The van der Waals surface area contributed by atoms with Crippen LogP contribution < -0.4 is 9.64 Å². The van der Waals surface area contributed by atoms with Gasteiger partial charge in [0.25, 0.3) is 0 Å². The van der Waals surface area contributed by atoms with Crippen LogP contribution in [0.25, 0.3) is 0 Å². The van der Waals surface area contributed by atoms with Crippen LogP contribution in [0.2, 0.25) is 0 Å². The second-order valence-corrected chi connectivity index (χ2v) is 6.25. The first-order valence-corrected chi connectivity index (χ1v) is 9.50. The minimum atomic E-state index is -0.288. The average Bonchev–Trinajstić information content (AvgIpc) is 2.71. The summed E-state index contributed by atoms with van der Waals surface area (Å²) in [5, 5.41) is 0. The summed E-state index contributed by atoms with van der Waals surface area (Å²) in [6, 6.07) is 11.8. The zero-order valence-corrected chi connectivity index (χ0v) is 16.9. The molecule has 0 saturated heterocycles. The van der Waals surface area contributed by atoms with Crippen LogP contribution in [0.4, 0.5) is 15.8 Å². The standard InChI is InChI=1S/C22H29FN2O3/c1-4-25(14-5-6-15-26-2)22-17-20(11-12-21(22)24-13-16-27-3)28-19-9-7-18(23)8-10-19/h7-13,17H,4-6,14-16H2,1-3H3/b24-13+. The maximum Gasteiger partial charge on any atom is 0.129 e. The predicted molar refractivity (Wildman–Crippen MR) is 112 cm³/mol. The van der Waals surface area contributed by atoms with Gasteiger partial charge in [-0.15, -0.1) is 0 Å². The summed E-state index contributed by atoms with van der Waals surface area (Å²) in [6.45, 7) is 5.07. The fourth-order valence-corrected chi connectivity index (χ4v) is 2.78. The first kappa shape index (κ1) is 21.9. The highest BCUT2D eigenvalue weighted by atomic mass is 19.1. The number of hydrogen-bond acceptors (Lipinski definition) is 5. The molecule has 0 amide bonds. The molecule has 0 aromatic heterocycles. The second kappa shape index (κ2) is 12.1. The van der Waals surface area contributed by atoms with Crippen LogP contribution in [0, 0.1) is 5.82 Å².